The third-order valence-corrected chi connectivity index (χ3v) is 12.9. The Morgan fingerprint density at radius 1 is 0.740 bits per heavy atom. The van der Waals surface area contributed by atoms with Crippen molar-refractivity contribution in [2.75, 3.05) is 6.54 Å². The third-order valence-electron chi connectivity index (χ3n) is 10.7. The van der Waals surface area contributed by atoms with Gasteiger partial charge in [-0.05, 0) is 111 Å². The highest BCUT2D eigenvalue weighted by Crippen LogP contribution is 2.40. The molecule has 1 amide bonds. The maximum atomic E-state index is 14.5. The SMILES string of the molecule is NC1CC2CCC(C1)N2C(=O)[C@@H]1C[C@H](Oc2ccc(Cl)c(Oc3ccccc3)c2)CN1S(=O)(=O)c1ccc2cc(OC3CCCC3)ccc2c1. The smallest absolute Gasteiger partial charge is 0.243 e. The van der Waals surface area contributed by atoms with Crippen LogP contribution in [0.25, 0.3) is 10.8 Å². The first-order chi connectivity index (χ1) is 24.2. The lowest BCUT2D eigenvalue weighted by Gasteiger charge is -2.40. The van der Waals surface area contributed by atoms with Crippen molar-refractivity contribution in [3.63, 3.8) is 0 Å². The van der Waals surface area contributed by atoms with E-state index in [9.17, 15) is 13.2 Å². The minimum atomic E-state index is -4.09. The molecule has 3 heterocycles. The first-order valence-corrected chi connectivity index (χ1v) is 19.5. The van der Waals surface area contributed by atoms with Crippen molar-refractivity contribution in [3.8, 4) is 23.0 Å². The molecule has 4 aromatic carbocycles. The Kier molecular flexibility index (Phi) is 9.14. The summed E-state index contributed by atoms with van der Waals surface area (Å²) in [6.07, 6.45) is 7.57. The van der Waals surface area contributed by atoms with Gasteiger partial charge in [0.25, 0.3) is 0 Å². The Labute approximate surface area is 298 Å². The lowest BCUT2D eigenvalue weighted by Crippen LogP contribution is -2.55. The van der Waals surface area contributed by atoms with Crippen LogP contribution in [0.5, 0.6) is 23.0 Å². The van der Waals surface area contributed by atoms with Crippen LogP contribution in [0.3, 0.4) is 0 Å². The second kappa shape index (κ2) is 13.7. The van der Waals surface area contributed by atoms with Gasteiger partial charge in [0.05, 0.1) is 22.6 Å². The number of hydrogen-bond acceptors (Lipinski definition) is 7. The number of halogens is 1. The van der Waals surface area contributed by atoms with E-state index in [0.29, 0.717) is 22.3 Å². The molecule has 8 rings (SSSR count). The fourth-order valence-electron chi connectivity index (χ4n) is 8.31. The topological polar surface area (TPSA) is 111 Å². The van der Waals surface area contributed by atoms with E-state index in [2.05, 4.69) is 0 Å². The number of piperidine rings is 1. The minimum absolute atomic E-state index is 0.0190. The Morgan fingerprint density at radius 3 is 2.16 bits per heavy atom. The number of benzene rings is 4. The Morgan fingerprint density at radius 2 is 1.40 bits per heavy atom. The molecule has 0 aromatic heterocycles. The first kappa shape index (κ1) is 33.3. The van der Waals surface area contributed by atoms with Crippen LogP contribution in [0, 0.1) is 0 Å². The Hall–Kier alpha value is -3.83. The van der Waals surface area contributed by atoms with Crippen molar-refractivity contribution in [1.29, 1.82) is 0 Å². The van der Waals surface area contributed by atoms with Gasteiger partial charge in [-0.1, -0.05) is 41.9 Å². The molecular formula is C39H42ClN3O6S. The number of hydrogen-bond donors (Lipinski definition) is 1. The maximum absolute atomic E-state index is 14.5. The summed E-state index contributed by atoms with van der Waals surface area (Å²) in [6.45, 7) is 0.0190. The van der Waals surface area contributed by atoms with Crippen LogP contribution in [0.2, 0.25) is 5.02 Å². The molecule has 4 aromatic rings. The van der Waals surface area contributed by atoms with E-state index in [-0.39, 0.29) is 48.0 Å². The molecule has 2 N–H and O–H groups in total. The maximum Gasteiger partial charge on any atom is 0.243 e. The van der Waals surface area contributed by atoms with Crippen LogP contribution in [0.4, 0.5) is 0 Å². The van der Waals surface area contributed by atoms with E-state index < -0.39 is 22.2 Å². The van der Waals surface area contributed by atoms with Crippen molar-refractivity contribution in [2.24, 2.45) is 5.73 Å². The fourth-order valence-corrected chi connectivity index (χ4v) is 10.1. The lowest BCUT2D eigenvalue weighted by atomic mass is 9.97. The number of rotatable bonds is 9. The fraction of sp³-hybridized carbons (Fsp3) is 0.410. The molecule has 50 heavy (non-hydrogen) atoms. The number of ether oxygens (including phenoxy) is 3. The Balaban J connectivity index is 1.07. The number of nitrogens with two attached hydrogens (primary N) is 1. The molecule has 4 aliphatic rings. The summed E-state index contributed by atoms with van der Waals surface area (Å²) < 4.78 is 49.0. The van der Waals surface area contributed by atoms with Crippen LogP contribution in [-0.2, 0) is 14.8 Å². The molecule has 4 fully saturated rings. The average molecular weight is 716 g/mol. The lowest BCUT2D eigenvalue weighted by molar-refractivity contribution is -0.139. The van der Waals surface area contributed by atoms with Gasteiger partial charge in [-0.25, -0.2) is 8.42 Å². The molecule has 3 saturated heterocycles. The third kappa shape index (κ3) is 6.66. The highest BCUT2D eigenvalue weighted by Gasteiger charge is 2.51. The van der Waals surface area contributed by atoms with Crippen LogP contribution in [-0.4, -0.2) is 66.5 Å². The van der Waals surface area contributed by atoms with Gasteiger partial charge in [-0.15, -0.1) is 0 Å². The van der Waals surface area contributed by atoms with E-state index in [1.54, 1.807) is 30.3 Å². The highest BCUT2D eigenvalue weighted by atomic mass is 35.5. The summed E-state index contributed by atoms with van der Waals surface area (Å²) >= 11 is 6.46. The highest BCUT2D eigenvalue weighted by molar-refractivity contribution is 7.89. The van der Waals surface area contributed by atoms with Crippen molar-refractivity contribution in [3.05, 3.63) is 90.0 Å². The van der Waals surface area contributed by atoms with Crippen LogP contribution in [0.15, 0.2) is 89.8 Å². The molecular weight excluding hydrogens is 674 g/mol. The van der Waals surface area contributed by atoms with Crippen molar-refractivity contribution in [1.82, 2.24) is 9.21 Å². The molecule has 0 spiro atoms. The van der Waals surface area contributed by atoms with Crippen molar-refractivity contribution < 1.29 is 27.4 Å². The van der Waals surface area contributed by atoms with Crippen molar-refractivity contribution in [2.45, 2.75) is 99.1 Å². The van der Waals surface area contributed by atoms with Gasteiger partial charge >= 0.3 is 0 Å². The number of carbonyl (C=O) groups excluding carboxylic acids is 1. The molecule has 9 nitrogen and oxygen atoms in total. The molecule has 3 aliphatic heterocycles. The summed E-state index contributed by atoms with van der Waals surface area (Å²) in [5, 5.41) is 2.10. The summed E-state index contributed by atoms with van der Waals surface area (Å²) in [5.74, 6) is 2.14. The predicted octanol–water partition coefficient (Wildman–Crippen LogP) is 7.30. The quantitative estimate of drug-likeness (QED) is 0.194. The number of nitrogens with zero attached hydrogens (tertiary/aromatic N) is 2. The van der Waals surface area contributed by atoms with Gasteiger partial charge < -0.3 is 24.8 Å². The molecule has 2 unspecified atom stereocenters. The van der Waals surface area contributed by atoms with E-state index in [1.165, 1.54) is 17.1 Å². The zero-order chi connectivity index (χ0) is 34.4. The second-order valence-electron chi connectivity index (χ2n) is 14.1. The summed E-state index contributed by atoms with van der Waals surface area (Å²) in [6, 6.07) is 24.5. The van der Waals surface area contributed by atoms with E-state index in [1.807, 2.05) is 59.5 Å². The van der Waals surface area contributed by atoms with Gasteiger partial charge in [0.1, 0.15) is 35.1 Å². The number of carbonyl (C=O) groups is 1. The molecule has 0 radical (unpaired) electrons. The number of sulfonamides is 1. The second-order valence-corrected chi connectivity index (χ2v) is 16.4. The predicted molar refractivity (Wildman–Crippen MR) is 192 cm³/mol. The first-order valence-electron chi connectivity index (χ1n) is 17.7. The van der Waals surface area contributed by atoms with Crippen LogP contribution >= 0.6 is 11.6 Å². The largest absolute Gasteiger partial charge is 0.490 e. The molecule has 2 bridgehead atoms. The normalized spacial score (nSPS) is 25.6. The summed E-state index contributed by atoms with van der Waals surface area (Å²) in [4.78, 5) is 16.5. The molecule has 262 valence electrons. The molecule has 11 heteroatoms. The van der Waals surface area contributed by atoms with Gasteiger partial charge in [0, 0.05) is 30.6 Å². The Bertz CT molecular complexity index is 1970. The van der Waals surface area contributed by atoms with Crippen LogP contribution in [0.1, 0.15) is 57.8 Å². The van der Waals surface area contributed by atoms with E-state index >= 15 is 0 Å². The zero-order valence-electron chi connectivity index (χ0n) is 27.8. The van der Waals surface area contributed by atoms with E-state index in [0.717, 1.165) is 55.0 Å². The van der Waals surface area contributed by atoms with Gasteiger partial charge in [0.15, 0.2) is 0 Å². The summed E-state index contributed by atoms with van der Waals surface area (Å²) in [7, 11) is -4.09. The molecule has 1 aliphatic carbocycles. The molecule has 1 saturated carbocycles. The monoisotopic (exact) mass is 715 g/mol. The zero-order valence-corrected chi connectivity index (χ0v) is 29.4. The summed E-state index contributed by atoms with van der Waals surface area (Å²) in [5.41, 5.74) is 6.33. The molecule has 4 atom stereocenters. The average Bonchev–Trinajstić information content (AvgIpc) is 3.85. The van der Waals surface area contributed by atoms with Crippen LogP contribution < -0.4 is 19.9 Å². The number of para-hydroxylation sites is 1. The van der Waals surface area contributed by atoms with Gasteiger partial charge in [0.2, 0.25) is 15.9 Å². The van der Waals surface area contributed by atoms with E-state index in [4.69, 9.17) is 31.5 Å². The van der Waals surface area contributed by atoms with Crippen molar-refractivity contribution >= 4 is 38.3 Å². The number of fused-ring (bicyclic) bond motifs is 3. The van der Waals surface area contributed by atoms with Gasteiger partial charge in [-0.3, -0.25) is 4.79 Å². The minimum Gasteiger partial charge on any atom is -0.490 e. The van der Waals surface area contributed by atoms with Gasteiger partial charge in [-0.2, -0.15) is 4.31 Å². The number of amides is 1. The standard InChI is InChI=1S/C39H42ClN3O6S/c40-36-17-15-33(23-38(36)49-31-6-2-1-3-7-31)48-34-22-37(39(44)43-28-12-13-29(43)21-27(41)20-28)42(24-34)50(45,46)35-16-11-25-18-32(14-10-26(25)19-35)47-30-8-4-5-9-30/h1-3,6-7,10-11,14-19,23,27-30,34,37H,4-5,8-9,12-13,20-22,24,41H2/t27?,28?,29?,34-,37-/m0/s1.